The van der Waals surface area contributed by atoms with Gasteiger partial charge in [-0.25, -0.2) is 9.38 Å². The van der Waals surface area contributed by atoms with Gasteiger partial charge in [-0.3, -0.25) is 0 Å². The molecule has 4 nitrogen and oxygen atoms in total. The lowest BCUT2D eigenvalue weighted by molar-refractivity contribution is 0.606. The van der Waals surface area contributed by atoms with E-state index >= 15 is 0 Å². The van der Waals surface area contributed by atoms with Gasteiger partial charge in [0.25, 0.3) is 0 Å². The molecule has 0 radical (unpaired) electrons. The Morgan fingerprint density at radius 3 is 2.43 bits per heavy atom. The van der Waals surface area contributed by atoms with E-state index < -0.39 is 0 Å². The minimum Gasteiger partial charge on any atom is -0.364 e. The molecule has 0 bridgehead atoms. The molecule has 28 heavy (non-hydrogen) atoms. The summed E-state index contributed by atoms with van der Waals surface area (Å²) in [5.41, 5.74) is 3.12. The molecule has 0 fully saturated rings. The molecule has 0 saturated heterocycles. The van der Waals surface area contributed by atoms with Crippen molar-refractivity contribution in [2.45, 2.75) is 19.9 Å². The van der Waals surface area contributed by atoms with E-state index in [1.165, 1.54) is 11.8 Å². The molecular formula is C22H28FIN4. The molecule has 1 aliphatic heterocycles. The van der Waals surface area contributed by atoms with Crippen molar-refractivity contribution in [2.75, 3.05) is 31.1 Å². The summed E-state index contributed by atoms with van der Waals surface area (Å²) < 4.78 is 13.7. The highest BCUT2D eigenvalue weighted by atomic mass is 127. The number of nitrogens with zero attached hydrogens (tertiary/aromatic N) is 2. The first-order valence-electron chi connectivity index (χ1n) is 9.50. The number of aliphatic imine (C=N–C) groups is 1. The van der Waals surface area contributed by atoms with E-state index in [1.807, 2.05) is 19.1 Å². The summed E-state index contributed by atoms with van der Waals surface area (Å²) in [6.07, 6.45) is 5.00. The molecule has 0 saturated carbocycles. The van der Waals surface area contributed by atoms with E-state index in [0.29, 0.717) is 25.1 Å². The van der Waals surface area contributed by atoms with Gasteiger partial charge in [-0.1, -0.05) is 42.5 Å². The lowest BCUT2D eigenvalue weighted by Gasteiger charge is -2.17. The summed E-state index contributed by atoms with van der Waals surface area (Å²) in [6.45, 7) is 6.02. The van der Waals surface area contributed by atoms with Crippen molar-refractivity contribution in [3.63, 3.8) is 0 Å². The molecule has 0 atom stereocenters. The standard InChI is InChI=1S/C22H27FN4.HI/c1-2-24-22(25-14-13-19-7-3-4-8-21(19)23)26-17-18-9-11-20(12-10-18)27-15-5-6-16-27;/h3-12H,2,13-17H2,1H3,(H2,24,25,26);1H. The normalized spacial score (nSPS) is 13.4. The second kappa shape index (κ2) is 11.7. The van der Waals surface area contributed by atoms with Crippen LogP contribution in [-0.2, 0) is 13.0 Å². The van der Waals surface area contributed by atoms with Crippen LogP contribution in [0.2, 0.25) is 0 Å². The van der Waals surface area contributed by atoms with E-state index in [0.717, 1.165) is 31.2 Å². The maximum Gasteiger partial charge on any atom is 0.191 e. The highest BCUT2D eigenvalue weighted by molar-refractivity contribution is 14.0. The Bertz CT molecular complexity index is 781. The molecule has 0 aliphatic carbocycles. The Hall–Kier alpha value is -2.09. The Balaban J connectivity index is 0.00000280. The molecule has 0 spiro atoms. The third-order valence-corrected chi connectivity index (χ3v) is 4.53. The van der Waals surface area contributed by atoms with Gasteiger partial charge in [0, 0.05) is 31.9 Å². The largest absolute Gasteiger partial charge is 0.364 e. The molecule has 0 unspecified atom stereocenters. The zero-order valence-corrected chi connectivity index (χ0v) is 18.5. The summed E-state index contributed by atoms with van der Waals surface area (Å²) in [4.78, 5) is 6.96. The second-order valence-corrected chi connectivity index (χ2v) is 6.51. The first kappa shape index (κ1) is 22.2. The summed E-state index contributed by atoms with van der Waals surface area (Å²) >= 11 is 0. The van der Waals surface area contributed by atoms with Crippen molar-refractivity contribution in [3.05, 3.63) is 77.6 Å². The molecule has 2 N–H and O–H groups in total. The summed E-state index contributed by atoms with van der Waals surface area (Å²) in [7, 11) is 0. The number of anilines is 1. The minimum absolute atomic E-state index is 0. The number of benzene rings is 2. The van der Waals surface area contributed by atoms with Crippen LogP contribution in [0.3, 0.4) is 0 Å². The van der Waals surface area contributed by atoms with E-state index in [2.05, 4.69) is 56.9 Å². The minimum atomic E-state index is -0.158. The third-order valence-electron chi connectivity index (χ3n) is 4.53. The predicted molar refractivity (Wildman–Crippen MR) is 126 cm³/mol. The van der Waals surface area contributed by atoms with E-state index in [-0.39, 0.29) is 29.8 Å². The number of guanidine groups is 1. The van der Waals surface area contributed by atoms with Gasteiger partial charge in [-0.05, 0) is 42.7 Å². The second-order valence-electron chi connectivity index (χ2n) is 6.51. The van der Waals surface area contributed by atoms with Crippen LogP contribution in [0.4, 0.5) is 10.1 Å². The fourth-order valence-corrected chi connectivity index (χ4v) is 3.03. The van der Waals surface area contributed by atoms with Crippen molar-refractivity contribution in [1.29, 1.82) is 0 Å². The quantitative estimate of drug-likeness (QED) is 0.264. The van der Waals surface area contributed by atoms with Crippen LogP contribution < -0.4 is 15.5 Å². The molecule has 0 amide bonds. The molecule has 2 aromatic carbocycles. The lowest BCUT2D eigenvalue weighted by atomic mass is 10.1. The maximum absolute atomic E-state index is 13.7. The average Bonchev–Trinajstić information content (AvgIpc) is 3.23. The van der Waals surface area contributed by atoms with Crippen LogP contribution in [0.25, 0.3) is 0 Å². The van der Waals surface area contributed by atoms with Crippen LogP contribution in [0.5, 0.6) is 0 Å². The molecule has 1 heterocycles. The van der Waals surface area contributed by atoms with E-state index in [1.54, 1.807) is 6.07 Å². The Morgan fingerprint density at radius 2 is 1.75 bits per heavy atom. The van der Waals surface area contributed by atoms with E-state index in [4.69, 9.17) is 0 Å². The third kappa shape index (κ3) is 6.51. The summed E-state index contributed by atoms with van der Waals surface area (Å²) in [6, 6.07) is 15.4. The van der Waals surface area contributed by atoms with Crippen molar-refractivity contribution < 1.29 is 4.39 Å². The van der Waals surface area contributed by atoms with Crippen LogP contribution >= 0.6 is 24.0 Å². The fraction of sp³-hybridized carbons (Fsp3) is 0.318. The average molecular weight is 494 g/mol. The first-order valence-corrected chi connectivity index (χ1v) is 9.50. The fourth-order valence-electron chi connectivity index (χ4n) is 3.03. The smallest absolute Gasteiger partial charge is 0.191 e. The number of rotatable bonds is 7. The van der Waals surface area contributed by atoms with E-state index in [9.17, 15) is 4.39 Å². The van der Waals surface area contributed by atoms with Crippen molar-refractivity contribution in [1.82, 2.24) is 10.6 Å². The van der Waals surface area contributed by atoms with Crippen molar-refractivity contribution in [3.8, 4) is 0 Å². The Labute approximate surface area is 184 Å². The van der Waals surface area contributed by atoms with Crippen LogP contribution in [0.15, 0.2) is 65.7 Å². The van der Waals surface area contributed by atoms with Crippen LogP contribution in [0.1, 0.15) is 18.1 Å². The zero-order valence-electron chi connectivity index (χ0n) is 16.2. The van der Waals surface area contributed by atoms with Gasteiger partial charge >= 0.3 is 0 Å². The van der Waals surface area contributed by atoms with Crippen LogP contribution in [-0.4, -0.2) is 32.1 Å². The number of hydrogen-bond acceptors (Lipinski definition) is 2. The maximum atomic E-state index is 13.7. The Morgan fingerprint density at radius 1 is 1.04 bits per heavy atom. The zero-order chi connectivity index (χ0) is 18.9. The molecule has 2 aromatic rings. The van der Waals surface area contributed by atoms with Crippen molar-refractivity contribution in [2.24, 2.45) is 4.99 Å². The van der Waals surface area contributed by atoms with Gasteiger partial charge in [0.2, 0.25) is 0 Å². The van der Waals surface area contributed by atoms with Crippen LogP contribution in [0, 0.1) is 5.82 Å². The molecule has 150 valence electrons. The monoisotopic (exact) mass is 494 g/mol. The lowest BCUT2D eigenvalue weighted by Crippen LogP contribution is -2.38. The van der Waals surface area contributed by atoms with Gasteiger partial charge in [0.1, 0.15) is 5.82 Å². The number of nitrogens with one attached hydrogen (secondary N) is 2. The number of halogens is 2. The molecule has 3 rings (SSSR count). The summed E-state index contributed by atoms with van der Waals surface area (Å²) in [5, 5.41) is 6.52. The van der Waals surface area contributed by atoms with Gasteiger partial charge in [0.15, 0.2) is 5.96 Å². The molecule has 6 heteroatoms. The Kier molecular flexibility index (Phi) is 9.27. The predicted octanol–water partition coefficient (Wildman–Crippen LogP) is 4.12. The summed E-state index contributed by atoms with van der Waals surface area (Å²) in [5.74, 6) is 0.594. The van der Waals surface area contributed by atoms with Crippen molar-refractivity contribution >= 4 is 35.6 Å². The number of hydrogen-bond donors (Lipinski definition) is 2. The van der Waals surface area contributed by atoms with Gasteiger partial charge in [-0.15, -0.1) is 24.0 Å². The van der Waals surface area contributed by atoms with Gasteiger partial charge in [0.05, 0.1) is 6.54 Å². The first-order chi connectivity index (χ1) is 13.3. The molecule has 1 aliphatic rings. The highest BCUT2D eigenvalue weighted by Gasteiger charge is 2.07. The van der Waals surface area contributed by atoms with Gasteiger partial charge in [-0.2, -0.15) is 0 Å². The molecule has 0 aromatic heterocycles. The van der Waals surface area contributed by atoms with Gasteiger partial charge < -0.3 is 15.5 Å². The topological polar surface area (TPSA) is 39.7 Å². The molecular weight excluding hydrogens is 466 g/mol. The highest BCUT2D eigenvalue weighted by Crippen LogP contribution is 2.17. The SMILES string of the molecule is CCNC(=NCc1ccc(N2CC=CC2)cc1)NCCc1ccccc1F.I.